The number of hydrogen-bond acceptors (Lipinski definition) is 6. The second kappa shape index (κ2) is 32.1. The molecule has 132 heavy (non-hydrogen) atoms. The van der Waals surface area contributed by atoms with E-state index in [-0.39, 0.29) is 0 Å². The van der Waals surface area contributed by atoms with Crippen molar-refractivity contribution in [3.05, 3.63) is 473 Å². The van der Waals surface area contributed by atoms with Gasteiger partial charge in [-0.1, -0.05) is 364 Å². The van der Waals surface area contributed by atoms with Crippen LogP contribution in [-0.2, 0) is 0 Å². The van der Waals surface area contributed by atoms with Gasteiger partial charge in [-0.25, -0.2) is 29.9 Å². The molecule has 12 heteroatoms. The standard InChI is InChI=1S/3C40H26N4/c1-4-14-27(15-5-1)34-25-35(28-16-6-2-7-17-28)42-40(41-34)44-37-23-13-11-21-31(37)33-24-32-30-20-10-12-22-36(30)43(38(32)26-39(33)44)29-18-8-3-9-19-29;1-4-14-27(15-5-1)33-26-34(28-16-6-2-7-17-28)42-40(41-33)44-35-22-12-10-20-30(35)31-24-25-37-38(39(31)44)32-21-11-13-23-36(32)43(37)29-18-8-3-9-19-29;1-4-14-27(15-5-1)34-26-35(28-16-6-2-7-17-28)42-40(41-34)44-37-23-13-11-21-31(37)33-25-24-32-30-20-10-12-22-36(30)43(38(32)39(33)44)29-18-8-3-9-19-29/h3*1-26H. The molecule has 0 amide bonds. The number of aromatic nitrogens is 12. The molecule has 0 unspecified atom stereocenters. The zero-order valence-electron chi connectivity index (χ0n) is 71.4. The first kappa shape index (κ1) is 76.4. The highest BCUT2D eigenvalue weighted by Crippen LogP contribution is 2.47. The number of benzene rings is 18. The number of hydrogen-bond donors (Lipinski definition) is 0. The lowest BCUT2D eigenvalue weighted by molar-refractivity contribution is 0.995. The molecule has 0 aliphatic heterocycles. The average Bonchev–Trinajstić information content (AvgIpc) is 1.55. The third-order valence-corrected chi connectivity index (χ3v) is 25.6. The molecule has 0 atom stereocenters. The van der Waals surface area contributed by atoms with Gasteiger partial charge in [-0.3, -0.25) is 13.7 Å². The van der Waals surface area contributed by atoms with Crippen LogP contribution in [-0.4, -0.2) is 57.3 Å². The summed E-state index contributed by atoms with van der Waals surface area (Å²) in [5, 5.41) is 14.3. The van der Waals surface area contributed by atoms with Gasteiger partial charge in [0.05, 0.1) is 100 Å². The molecule has 0 bridgehead atoms. The lowest BCUT2D eigenvalue weighted by Crippen LogP contribution is -2.05. The van der Waals surface area contributed by atoms with E-state index < -0.39 is 0 Å². The molecular formula is C120H78N12. The molecule has 27 aromatic rings. The van der Waals surface area contributed by atoms with Crippen LogP contribution in [0.3, 0.4) is 0 Å². The first-order valence-electron chi connectivity index (χ1n) is 44.6. The van der Waals surface area contributed by atoms with Crippen LogP contribution in [0.25, 0.3) is 233 Å². The Labute approximate surface area is 758 Å². The van der Waals surface area contributed by atoms with Gasteiger partial charge >= 0.3 is 0 Å². The van der Waals surface area contributed by atoms with Crippen LogP contribution in [0.1, 0.15) is 0 Å². The third-order valence-electron chi connectivity index (χ3n) is 25.6. The van der Waals surface area contributed by atoms with Gasteiger partial charge in [-0.2, -0.15) is 0 Å². The van der Waals surface area contributed by atoms with E-state index in [0.717, 1.165) is 134 Å². The van der Waals surface area contributed by atoms with Crippen LogP contribution in [0.5, 0.6) is 0 Å². The lowest BCUT2D eigenvalue weighted by Gasteiger charge is -2.13. The summed E-state index contributed by atoms with van der Waals surface area (Å²) in [4.78, 5) is 31.5. The van der Waals surface area contributed by atoms with Gasteiger partial charge in [-0.15, -0.1) is 0 Å². The maximum atomic E-state index is 5.28. The third kappa shape index (κ3) is 13.0. The zero-order valence-corrected chi connectivity index (χ0v) is 71.4. The van der Waals surface area contributed by atoms with E-state index in [1.54, 1.807) is 0 Å². The Morgan fingerprint density at radius 3 is 0.712 bits per heavy atom. The first-order valence-corrected chi connectivity index (χ1v) is 44.6. The average molecular weight is 1690 g/mol. The molecule has 0 saturated carbocycles. The summed E-state index contributed by atoms with van der Waals surface area (Å²) in [7, 11) is 0. The topological polar surface area (TPSA) is 107 Å². The Morgan fingerprint density at radius 2 is 0.356 bits per heavy atom. The van der Waals surface area contributed by atoms with Crippen molar-refractivity contribution in [3.63, 3.8) is 0 Å². The minimum absolute atomic E-state index is 0.647. The van der Waals surface area contributed by atoms with E-state index in [1.807, 2.05) is 36.4 Å². The Hall–Kier alpha value is -18.0. The molecule has 0 saturated heterocycles. The van der Waals surface area contributed by atoms with Gasteiger partial charge in [-0.05, 0) is 109 Å². The quantitative estimate of drug-likeness (QED) is 0.121. The Bertz CT molecular complexity index is 8870. The molecule has 618 valence electrons. The van der Waals surface area contributed by atoms with Gasteiger partial charge in [0.1, 0.15) is 0 Å². The predicted octanol–water partition coefficient (Wildman–Crippen LogP) is 30.0. The molecule has 27 rings (SSSR count). The molecule has 0 spiro atoms. The SMILES string of the molecule is c1ccc(-c2cc(-c3ccccc3)nc(-n3c4ccccc4c4cc5c6ccccc6n(-c6ccccc6)c5cc43)n2)cc1.c1ccc(-c2cc(-c3ccccc3)nc(-n3c4ccccc4c4ccc5c(c6ccccc6n5-c5ccccc5)c43)n2)cc1.c1ccc(-c2cc(-c3ccccc3)nc(-n3c4ccccc4c4ccc5c6ccccc6n(-c6ccccc6)c5c43)n2)cc1. The summed E-state index contributed by atoms with van der Waals surface area (Å²) in [5.74, 6) is 1.95. The van der Waals surface area contributed by atoms with Crippen LogP contribution in [0, 0.1) is 0 Å². The predicted molar refractivity (Wildman–Crippen MR) is 545 cm³/mol. The van der Waals surface area contributed by atoms with Crippen molar-refractivity contribution in [1.82, 2.24) is 57.3 Å². The van der Waals surface area contributed by atoms with E-state index in [4.69, 9.17) is 29.9 Å². The molecular weight excluding hydrogens is 1610 g/mol. The van der Waals surface area contributed by atoms with Gasteiger partial charge in [0.15, 0.2) is 0 Å². The van der Waals surface area contributed by atoms with Crippen molar-refractivity contribution >= 4 is 131 Å². The molecule has 9 aromatic heterocycles. The molecule has 0 fully saturated rings. The van der Waals surface area contributed by atoms with Gasteiger partial charge in [0, 0.05) is 115 Å². The lowest BCUT2D eigenvalue weighted by atomic mass is 10.1. The van der Waals surface area contributed by atoms with E-state index >= 15 is 0 Å². The highest BCUT2D eigenvalue weighted by Gasteiger charge is 2.28. The van der Waals surface area contributed by atoms with E-state index in [1.165, 1.54) is 81.2 Å². The van der Waals surface area contributed by atoms with Crippen LogP contribution >= 0.6 is 0 Å². The number of para-hydroxylation sites is 9. The van der Waals surface area contributed by atoms with Crippen LogP contribution in [0.2, 0.25) is 0 Å². The molecule has 0 aliphatic rings. The van der Waals surface area contributed by atoms with Crippen molar-refractivity contribution in [1.29, 1.82) is 0 Å². The van der Waals surface area contributed by atoms with Crippen molar-refractivity contribution in [2.45, 2.75) is 0 Å². The van der Waals surface area contributed by atoms with E-state index in [9.17, 15) is 0 Å². The number of nitrogens with zero attached hydrogens (tertiary/aromatic N) is 12. The normalized spacial score (nSPS) is 11.6. The van der Waals surface area contributed by atoms with Crippen LogP contribution in [0.4, 0.5) is 0 Å². The molecule has 0 aliphatic carbocycles. The second-order valence-electron chi connectivity index (χ2n) is 33.2. The van der Waals surface area contributed by atoms with Gasteiger partial charge in [0.25, 0.3) is 0 Å². The minimum Gasteiger partial charge on any atom is -0.309 e. The van der Waals surface area contributed by atoms with Crippen LogP contribution in [0.15, 0.2) is 473 Å². The molecule has 18 aromatic carbocycles. The van der Waals surface area contributed by atoms with Crippen LogP contribution < -0.4 is 0 Å². The first-order chi connectivity index (χ1) is 65.5. The van der Waals surface area contributed by atoms with E-state index in [2.05, 4.69) is 464 Å². The van der Waals surface area contributed by atoms with Gasteiger partial charge < -0.3 is 13.7 Å². The highest BCUT2D eigenvalue weighted by atomic mass is 15.2. The number of rotatable bonds is 12. The Morgan fingerprint density at radius 1 is 0.129 bits per heavy atom. The van der Waals surface area contributed by atoms with E-state index in [0.29, 0.717) is 17.8 Å². The number of fused-ring (bicyclic) bond motifs is 20. The maximum Gasteiger partial charge on any atom is 0.235 e. The fraction of sp³-hybridized carbons (Fsp3) is 0. The Kier molecular flexibility index (Phi) is 18.6. The molecule has 0 N–H and O–H groups in total. The summed E-state index contributed by atoms with van der Waals surface area (Å²) in [6, 6.07) is 166. The fourth-order valence-corrected chi connectivity index (χ4v) is 19.8. The fourth-order valence-electron chi connectivity index (χ4n) is 19.8. The summed E-state index contributed by atoms with van der Waals surface area (Å²) < 4.78 is 13.9. The smallest absolute Gasteiger partial charge is 0.235 e. The van der Waals surface area contributed by atoms with Crippen molar-refractivity contribution < 1.29 is 0 Å². The molecule has 9 heterocycles. The summed E-state index contributed by atoms with van der Waals surface area (Å²) in [6.07, 6.45) is 0. The monoisotopic (exact) mass is 1690 g/mol. The Balaban J connectivity index is 0.000000106. The minimum atomic E-state index is 0.647. The second-order valence-corrected chi connectivity index (χ2v) is 33.2. The van der Waals surface area contributed by atoms with Gasteiger partial charge in [0.2, 0.25) is 17.8 Å². The largest absolute Gasteiger partial charge is 0.309 e. The molecule has 0 radical (unpaired) electrons. The van der Waals surface area contributed by atoms with Crippen molar-refractivity contribution in [3.8, 4) is 102 Å². The summed E-state index contributed by atoms with van der Waals surface area (Å²) in [6.45, 7) is 0. The van der Waals surface area contributed by atoms with Crippen molar-refractivity contribution in [2.24, 2.45) is 0 Å². The summed E-state index contributed by atoms with van der Waals surface area (Å²) >= 11 is 0. The highest BCUT2D eigenvalue weighted by molar-refractivity contribution is 6.27. The zero-order chi connectivity index (χ0) is 87.1. The summed E-state index contributed by atoms with van der Waals surface area (Å²) in [5.41, 5.74) is 28.5. The molecule has 12 nitrogen and oxygen atoms in total. The van der Waals surface area contributed by atoms with Crippen molar-refractivity contribution in [2.75, 3.05) is 0 Å². The maximum absolute atomic E-state index is 5.28.